The number of aromatic nitrogens is 4. The average molecular weight is 337 g/mol. The fourth-order valence-corrected chi connectivity index (χ4v) is 2.96. The molecule has 25 heavy (non-hydrogen) atoms. The van der Waals surface area contributed by atoms with Crippen LogP contribution < -0.4 is 5.32 Å². The molecule has 6 nitrogen and oxygen atoms in total. The van der Waals surface area contributed by atoms with Crippen molar-refractivity contribution in [3.63, 3.8) is 0 Å². The highest BCUT2D eigenvalue weighted by molar-refractivity contribution is 5.79. The number of amides is 1. The number of carbonyl (C=O) groups is 1. The highest BCUT2D eigenvalue weighted by Crippen LogP contribution is 2.17. The summed E-state index contributed by atoms with van der Waals surface area (Å²) in [6.45, 7) is 5.92. The molecule has 1 N–H and O–H groups in total. The van der Waals surface area contributed by atoms with Crippen molar-refractivity contribution in [3.8, 4) is 5.69 Å². The Kier molecular flexibility index (Phi) is 4.70. The summed E-state index contributed by atoms with van der Waals surface area (Å²) in [4.78, 5) is 16.5. The first-order valence-electron chi connectivity index (χ1n) is 8.32. The molecule has 0 aliphatic rings. The number of carbonyl (C=O) groups excluding carboxylic acids is 1. The molecular formula is C19H23N5O. The molecule has 2 heterocycles. The molecule has 1 aromatic carbocycles. The molecule has 0 bridgehead atoms. The van der Waals surface area contributed by atoms with Gasteiger partial charge in [-0.05, 0) is 38.5 Å². The van der Waals surface area contributed by atoms with E-state index in [9.17, 15) is 4.79 Å². The summed E-state index contributed by atoms with van der Waals surface area (Å²) in [5.74, 6) is 0.00499. The smallest absolute Gasteiger partial charge is 0.225 e. The highest BCUT2D eigenvalue weighted by atomic mass is 16.1. The predicted molar refractivity (Wildman–Crippen MR) is 96.5 cm³/mol. The van der Waals surface area contributed by atoms with Crippen LogP contribution in [0.4, 0.5) is 0 Å². The molecule has 0 radical (unpaired) electrons. The summed E-state index contributed by atoms with van der Waals surface area (Å²) in [5.41, 5.74) is 5.05. The van der Waals surface area contributed by atoms with Crippen LogP contribution in [0.5, 0.6) is 0 Å². The largest absolute Gasteiger partial charge is 0.349 e. The number of imidazole rings is 1. The van der Waals surface area contributed by atoms with E-state index in [1.807, 2.05) is 67.5 Å². The Morgan fingerprint density at radius 3 is 2.52 bits per heavy atom. The SMILES string of the molecule is Cc1nn(C)c(C)c1CC(=O)NC(C)c1ccc(-n2ccnc2)cc1. The van der Waals surface area contributed by atoms with Gasteiger partial charge >= 0.3 is 0 Å². The van der Waals surface area contributed by atoms with Crippen LogP contribution in [0.3, 0.4) is 0 Å². The zero-order chi connectivity index (χ0) is 18.0. The third kappa shape index (κ3) is 3.63. The molecule has 1 unspecified atom stereocenters. The molecule has 0 spiro atoms. The predicted octanol–water partition coefficient (Wildman–Crippen LogP) is 2.64. The van der Waals surface area contributed by atoms with E-state index in [4.69, 9.17) is 0 Å². The van der Waals surface area contributed by atoms with Crippen molar-refractivity contribution < 1.29 is 4.79 Å². The Labute approximate surface area is 147 Å². The Morgan fingerprint density at radius 2 is 1.96 bits per heavy atom. The van der Waals surface area contributed by atoms with Crippen molar-refractivity contribution >= 4 is 5.91 Å². The van der Waals surface area contributed by atoms with E-state index < -0.39 is 0 Å². The van der Waals surface area contributed by atoms with Gasteiger partial charge in [0.05, 0.1) is 24.5 Å². The molecule has 0 aliphatic carbocycles. The third-order valence-corrected chi connectivity index (χ3v) is 4.57. The van der Waals surface area contributed by atoms with E-state index in [2.05, 4.69) is 15.4 Å². The van der Waals surface area contributed by atoms with E-state index in [-0.39, 0.29) is 11.9 Å². The van der Waals surface area contributed by atoms with Crippen LogP contribution >= 0.6 is 0 Å². The van der Waals surface area contributed by atoms with E-state index in [1.54, 1.807) is 12.5 Å². The van der Waals surface area contributed by atoms with Gasteiger partial charge in [0.25, 0.3) is 0 Å². The number of nitrogens with zero attached hydrogens (tertiary/aromatic N) is 4. The molecule has 6 heteroatoms. The molecular weight excluding hydrogens is 314 g/mol. The van der Waals surface area contributed by atoms with Gasteiger partial charge in [-0.25, -0.2) is 4.98 Å². The maximum Gasteiger partial charge on any atom is 0.225 e. The van der Waals surface area contributed by atoms with E-state index in [0.717, 1.165) is 28.2 Å². The second-order valence-electron chi connectivity index (χ2n) is 6.30. The second-order valence-corrected chi connectivity index (χ2v) is 6.30. The van der Waals surface area contributed by atoms with Gasteiger partial charge in [-0.1, -0.05) is 12.1 Å². The van der Waals surface area contributed by atoms with Crippen molar-refractivity contribution in [2.75, 3.05) is 0 Å². The highest BCUT2D eigenvalue weighted by Gasteiger charge is 2.15. The average Bonchev–Trinajstić information content (AvgIpc) is 3.20. The summed E-state index contributed by atoms with van der Waals surface area (Å²) >= 11 is 0. The monoisotopic (exact) mass is 337 g/mol. The molecule has 130 valence electrons. The summed E-state index contributed by atoms with van der Waals surface area (Å²) < 4.78 is 3.76. The molecule has 0 fully saturated rings. The van der Waals surface area contributed by atoms with Gasteiger partial charge in [-0.2, -0.15) is 5.10 Å². The quantitative estimate of drug-likeness (QED) is 0.778. The van der Waals surface area contributed by atoms with Crippen molar-refractivity contribution in [2.24, 2.45) is 7.05 Å². The molecule has 0 saturated heterocycles. The van der Waals surface area contributed by atoms with E-state index in [1.165, 1.54) is 0 Å². The van der Waals surface area contributed by atoms with Crippen molar-refractivity contribution in [1.29, 1.82) is 0 Å². The van der Waals surface area contributed by atoms with Gasteiger partial charge in [-0.3, -0.25) is 9.48 Å². The number of benzene rings is 1. The summed E-state index contributed by atoms with van der Waals surface area (Å²) in [6.07, 6.45) is 5.76. The van der Waals surface area contributed by atoms with Gasteiger partial charge in [0.15, 0.2) is 0 Å². The Bertz CT molecular complexity index is 862. The minimum atomic E-state index is -0.0541. The number of aryl methyl sites for hydroxylation is 2. The molecule has 3 aromatic rings. The zero-order valence-corrected chi connectivity index (χ0v) is 15.0. The van der Waals surface area contributed by atoms with Gasteiger partial charge in [0.2, 0.25) is 5.91 Å². The zero-order valence-electron chi connectivity index (χ0n) is 15.0. The van der Waals surface area contributed by atoms with Crippen LogP contribution in [-0.4, -0.2) is 25.2 Å². The Balaban J connectivity index is 1.65. The summed E-state index contributed by atoms with van der Waals surface area (Å²) in [5, 5.41) is 7.43. The normalized spacial score (nSPS) is 12.2. The molecule has 0 aliphatic heterocycles. The maximum atomic E-state index is 12.4. The first kappa shape index (κ1) is 17.0. The van der Waals surface area contributed by atoms with Gasteiger partial charge in [0, 0.05) is 36.4 Å². The van der Waals surface area contributed by atoms with Crippen molar-refractivity contribution in [2.45, 2.75) is 33.2 Å². The lowest BCUT2D eigenvalue weighted by atomic mass is 10.1. The van der Waals surface area contributed by atoms with Crippen LogP contribution in [0, 0.1) is 13.8 Å². The van der Waals surface area contributed by atoms with Crippen LogP contribution in [0.15, 0.2) is 43.0 Å². The molecule has 1 atom stereocenters. The van der Waals surface area contributed by atoms with Crippen LogP contribution in [0.2, 0.25) is 0 Å². The Morgan fingerprint density at radius 1 is 1.24 bits per heavy atom. The molecule has 1 amide bonds. The number of rotatable bonds is 5. The first-order chi connectivity index (χ1) is 12.0. The molecule has 2 aromatic heterocycles. The van der Waals surface area contributed by atoms with Crippen molar-refractivity contribution in [1.82, 2.24) is 24.6 Å². The Hall–Kier alpha value is -2.89. The van der Waals surface area contributed by atoms with E-state index in [0.29, 0.717) is 6.42 Å². The third-order valence-electron chi connectivity index (χ3n) is 4.57. The lowest BCUT2D eigenvalue weighted by molar-refractivity contribution is -0.121. The van der Waals surface area contributed by atoms with Gasteiger partial charge in [-0.15, -0.1) is 0 Å². The number of nitrogens with one attached hydrogen (secondary N) is 1. The van der Waals surface area contributed by atoms with Gasteiger partial charge < -0.3 is 9.88 Å². The van der Waals surface area contributed by atoms with Crippen molar-refractivity contribution in [3.05, 3.63) is 65.5 Å². The standard InChI is InChI=1S/C19H23N5O/c1-13(16-5-7-17(8-6-16)24-10-9-20-12-24)21-19(25)11-18-14(2)22-23(4)15(18)3/h5-10,12-13H,11H2,1-4H3,(H,21,25). The maximum absolute atomic E-state index is 12.4. The van der Waals surface area contributed by atoms with Crippen LogP contribution in [0.25, 0.3) is 5.69 Å². The minimum Gasteiger partial charge on any atom is -0.349 e. The second kappa shape index (κ2) is 6.93. The van der Waals surface area contributed by atoms with Crippen LogP contribution in [0.1, 0.15) is 35.5 Å². The lowest BCUT2D eigenvalue weighted by Gasteiger charge is -2.15. The summed E-state index contributed by atoms with van der Waals surface area (Å²) in [6, 6.07) is 8.05. The topological polar surface area (TPSA) is 64.7 Å². The lowest BCUT2D eigenvalue weighted by Crippen LogP contribution is -2.28. The number of hydrogen-bond acceptors (Lipinski definition) is 3. The minimum absolute atomic E-state index is 0.00499. The van der Waals surface area contributed by atoms with Crippen LogP contribution in [-0.2, 0) is 18.3 Å². The number of hydrogen-bond donors (Lipinski definition) is 1. The first-order valence-corrected chi connectivity index (χ1v) is 8.32. The van der Waals surface area contributed by atoms with E-state index >= 15 is 0 Å². The molecule has 0 saturated carbocycles. The van der Waals surface area contributed by atoms with Gasteiger partial charge in [0.1, 0.15) is 0 Å². The summed E-state index contributed by atoms with van der Waals surface area (Å²) in [7, 11) is 1.90. The fraction of sp³-hybridized carbons (Fsp3) is 0.316. The molecule has 3 rings (SSSR count). The fourth-order valence-electron chi connectivity index (χ4n) is 2.96.